The first kappa shape index (κ1) is 18.1. The first-order valence-electron chi connectivity index (χ1n) is 9.86. The number of aldehydes is 1. The summed E-state index contributed by atoms with van der Waals surface area (Å²) in [6.45, 7) is 1.63. The Labute approximate surface area is 153 Å². The Kier molecular flexibility index (Phi) is 4.23. The van der Waals surface area contributed by atoms with Gasteiger partial charge in [-0.3, -0.25) is 9.59 Å². The zero-order chi connectivity index (χ0) is 18.7. The minimum absolute atomic E-state index is 0.0386. The van der Waals surface area contributed by atoms with Crippen molar-refractivity contribution in [3.63, 3.8) is 0 Å². The molecule has 26 heavy (non-hydrogen) atoms. The van der Waals surface area contributed by atoms with Crippen LogP contribution >= 0.6 is 0 Å². The number of allylic oxidation sites excluding steroid dienone is 2. The van der Waals surface area contributed by atoms with Crippen LogP contribution in [0.25, 0.3) is 0 Å². The van der Waals surface area contributed by atoms with Gasteiger partial charge in [0, 0.05) is 24.2 Å². The molecule has 4 aliphatic rings. The fourth-order valence-corrected chi connectivity index (χ4v) is 7.10. The molecule has 0 amide bonds. The Balaban J connectivity index is 1.74. The maximum atomic E-state index is 12.3. The number of hydrogen-bond acceptors (Lipinski definition) is 5. The van der Waals surface area contributed by atoms with Gasteiger partial charge in [0.15, 0.2) is 5.78 Å². The highest BCUT2D eigenvalue weighted by Gasteiger charge is 2.64. The molecule has 0 aromatic carbocycles. The summed E-state index contributed by atoms with van der Waals surface area (Å²) < 4.78 is 0. The number of carbonyl (C=O) groups excluding carboxylic acids is 3. The summed E-state index contributed by atoms with van der Waals surface area (Å²) in [5, 5.41) is 20.5. The van der Waals surface area contributed by atoms with Crippen LogP contribution in [0.4, 0.5) is 0 Å². The van der Waals surface area contributed by atoms with Crippen molar-refractivity contribution in [2.75, 3.05) is 6.61 Å². The average molecular weight is 360 g/mol. The third kappa shape index (κ3) is 2.26. The molecule has 5 heteroatoms. The lowest BCUT2D eigenvalue weighted by molar-refractivity contribution is -0.155. The predicted molar refractivity (Wildman–Crippen MR) is 94.1 cm³/mol. The molecule has 5 nitrogen and oxygen atoms in total. The van der Waals surface area contributed by atoms with Crippen LogP contribution in [-0.4, -0.2) is 40.8 Å². The molecular formula is C21H28O5. The molecule has 4 aliphatic carbocycles. The molecule has 7 atom stereocenters. The van der Waals surface area contributed by atoms with Crippen LogP contribution < -0.4 is 0 Å². The van der Waals surface area contributed by atoms with Crippen molar-refractivity contribution < 1.29 is 24.6 Å². The highest BCUT2D eigenvalue weighted by Crippen LogP contribution is 2.65. The van der Waals surface area contributed by atoms with E-state index in [1.165, 1.54) is 0 Å². The second-order valence-corrected chi connectivity index (χ2v) is 9.15. The lowest BCUT2D eigenvalue weighted by Gasteiger charge is -2.58. The SMILES string of the molecule is C[C@]12CCC(=O)CC1=CC[C@@H]1[C@@H]2[C@@H](O)C[C@]2(C=O)[C@@H](C(=O)CO)CC[C@@H]12. The summed E-state index contributed by atoms with van der Waals surface area (Å²) in [7, 11) is 0. The summed E-state index contributed by atoms with van der Waals surface area (Å²) in [4.78, 5) is 36.4. The molecule has 0 heterocycles. The van der Waals surface area contributed by atoms with Gasteiger partial charge < -0.3 is 15.0 Å². The Morgan fingerprint density at radius 3 is 2.85 bits per heavy atom. The predicted octanol–water partition coefficient (Wildman–Crippen LogP) is 1.85. The number of Topliss-reactive ketones (excluding diaryl/α,β-unsaturated/α-hetero) is 2. The van der Waals surface area contributed by atoms with Gasteiger partial charge in [-0.2, -0.15) is 0 Å². The second-order valence-electron chi connectivity index (χ2n) is 9.15. The maximum absolute atomic E-state index is 12.3. The molecule has 0 saturated heterocycles. The fraction of sp³-hybridized carbons (Fsp3) is 0.762. The van der Waals surface area contributed by atoms with Crippen LogP contribution in [0, 0.1) is 34.5 Å². The van der Waals surface area contributed by atoms with Crippen molar-refractivity contribution in [1.29, 1.82) is 0 Å². The van der Waals surface area contributed by atoms with Crippen LogP contribution in [-0.2, 0) is 14.4 Å². The Morgan fingerprint density at radius 1 is 1.38 bits per heavy atom. The average Bonchev–Trinajstić information content (AvgIpc) is 3.00. The molecule has 0 unspecified atom stereocenters. The summed E-state index contributed by atoms with van der Waals surface area (Å²) in [6, 6.07) is 0. The number of ketones is 2. The standard InChI is InChI=1S/C21H28O5/c1-20-7-6-13(24)8-12(20)2-3-14-15-4-5-16(18(26)10-22)21(15,11-23)9-17(25)19(14)20/h2,11,14-17,19,22,25H,3-10H2,1H3/t14-,15-,16+,17-,19+,20-,21+/m0/s1. The van der Waals surface area contributed by atoms with Crippen molar-refractivity contribution in [2.24, 2.45) is 34.5 Å². The van der Waals surface area contributed by atoms with Gasteiger partial charge in [-0.25, -0.2) is 0 Å². The van der Waals surface area contributed by atoms with Crippen molar-refractivity contribution in [2.45, 2.75) is 58.0 Å². The van der Waals surface area contributed by atoms with Crippen LogP contribution in [0.1, 0.15) is 51.9 Å². The molecule has 3 fully saturated rings. The molecule has 2 N–H and O–H groups in total. The van der Waals surface area contributed by atoms with E-state index in [0.29, 0.717) is 25.7 Å². The monoisotopic (exact) mass is 360 g/mol. The third-order valence-electron chi connectivity index (χ3n) is 8.24. The zero-order valence-corrected chi connectivity index (χ0v) is 15.3. The van der Waals surface area contributed by atoms with Crippen molar-refractivity contribution in [3.05, 3.63) is 11.6 Å². The van der Waals surface area contributed by atoms with Crippen LogP contribution in [0.3, 0.4) is 0 Å². The molecule has 0 radical (unpaired) electrons. The summed E-state index contributed by atoms with van der Waals surface area (Å²) in [5.74, 6) is -0.210. The van der Waals surface area contributed by atoms with Gasteiger partial charge in [-0.15, -0.1) is 0 Å². The largest absolute Gasteiger partial charge is 0.393 e. The second kappa shape index (κ2) is 6.10. The lowest BCUT2D eigenvalue weighted by Crippen LogP contribution is -2.58. The van der Waals surface area contributed by atoms with Gasteiger partial charge in [0.2, 0.25) is 0 Å². The van der Waals surface area contributed by atoms with E-state index in [0.717, 1.165) is 31.1 Å². The van der Waals surface area contributed by atoms with E-state index in [4.69, 9.17) is 0 Å². The first-order valence-corrected chi connectivity index (χ1v) is 9.86. The zero-order valence-electron chi connectivity index (χ0n) is 15.3. The highest BCUT2D eigenvalue weighted by molar-refractivity contribution is 5.87. The Morgan fingerprint density at radius 2 is 2.15 bits per heavy atom. The Hall–Kier alpha value is -1.33. The van der Waals surface area contributed by atoms with Gasteiger partial charge in [0.25, 0.3) is 0 Å². The van der Waals surface area contributed by atoms with Crippen LogP contribution in [0.2, 0.25) is 0 Å². The maximum Gasteiger partial charge on any atom is 0.162 e. The van der Waals surface area contributed by atoms with Crippen LogP contribution in [0.5, 0.6) is 0 Å². The van der Waals surface area contributed by atoms with E-state index in [2.05, 4.69) is 13.0 Å². The van der Waals surface area contributed by atoms with E-state index < -0.39 is 24.0 Å². The van der Waals surface area contributed by atoms with E-state index in [1.807, 2.05) is 0 Å². The Bertz CT molecular complexity index is 682. The third-order valence-corrected chi connectivity index (χ3v) is 8.24. The molecule has 0 spiro atoms. The van der Waals surface area contributed by atoms with E-state index in [1.54, 1.807) is 0 Å². The number of hydrogen-bond donors (Lipinski definition) is 2. The number of carbonyl (C=O) groups is 3. The smallest absolute Gasteiger partial charge is 0.162 e. The lowest BCUT2D eigenvalue weighted by atomic mass is 9.46. The highest BCUT2D eigenvalue weighted by atomic mass is 16.3. The molecule has 0 aliphatic heterocycles. The minimum Gasteiger partial charge on any atom is -0.393 e. The number of fused-ring (bicyclic) bond motifs is 5. The molecule has 0 bridgehead atoms. The van der Waals surface area contributed by atoms with E-state index in [-0.39, 0.29) is 34.7 Å². The minimum atomic E-state index is -0.841. The molecule has 0 aromatic heterocycles. The van der Waals surface area contributed by atoms with Crippen molar-refractivity contribution in [1.82, 2.24) is 0 Å². The fourth-order valence-electron chi connectivity index (χ4n) is 7.10. The summed E-state index contributed by atoms with van der Waals surface area (Å²) in [5.41, 5.74) is 0.130. The van der Waals surface area contributed by atoms with Gasteiger partial charge >= 0.3 is 0 Å². The van der Waals surface area contributed by atoms with Crippen molar-refractivity contribution in [3.8, 4) is 0 Å². The number of aliphatic hydroxyl groups is 2. The normalized spacial score (nSPS) is 47.4. The van der Waals surface area contributed by atoms with E-state index >= 15 is 0 Å². The molecule has 4 rings (SSSR count). The topological polar surface area (TPSA) is 91.7 Å². The summed E-state index contributed by atoms with van der Waals surface area (Å²) in [6.07, 6.45) is 6.70. The number of aliphatic hydroxyl groups excluding tert-OH is 2. The van der Waals surface area contributed by atoms with E-state index in [9.17, 15) is 24.6 Å². The molecular weight excluding hydrogens is 332 g/mol. The van der Waals surface area contributed by atoms with Gasteiger partial charge in [-0.05, 0) is 55.3 Å². The van der Waals surface area contributed by atoms with Gasteiger partial charge in [0.05, 0.1) is 6.10 Å². The quantitative estimate of drug-likeness (QED) is 0.592. The van der Waals surface area contributed by atoms with Crippen LogP contribution in [0.15, 0.2) is 11.6 Å². The number of rotatable bonds is 3. The van der Waals surface area contributed by atoms with Gasteiger partial charge in [0.1, 0.15) is 18.7 Å². The first-order chi connectivity index (χ1) is 12.4. The molecule has 0 aromatic rings. The summed E-state index contributed by atoms with van der Waals surface area (Å²) >= 11 is 0. The molecule has 142 valence electrons. The molecule has 3 saturated carbocycles. The van der Waals surface area contributed by atoms with Gasteiger partial charge in [-0.1, -0.05) is 18.6 Å². The van der Waals surface area contributed by atoms with Crippen molar-refractivity contribution >= 4 is 17.9 Å².